The number of carbonyl (C=O) groups is 2. The lowest BCUT2D eigenvalue weighted by Crippen LogP contribution is -2.31. The third kappa shape index (κ3) is 3.83. The number of fused-ring (bicyclic) bond motifs is 1. The van der Waals surface area contributed by atoms with Gasteiger partial charge in [-0.1, -0.05) is 32.4 Å². The average Bonchev–Trinajstić information content (AvgIpc) is 2.72. The lowest BCUT2D eigenvalue weighted by molar-refractivity contribution is -0.148. The first kappa shape index (κ1) is 18.2. The zero-order valence-corrected chi connectivity index (χ0v) is 14.9. The van der Waals surface area contributed by atoms with Crippen LogP contribution in [-0.2, 0) is 14.3 Å². The Morgan fingerprint density at radius 1 is 1.38 bits per heavy atom. The van der Waals surface area contributed by atoms with Gasteiger partial charge >= 0.3 is 5.97 Å². The van der Waals surface area contributed by atoms with E-state index in [2.05, 4.69) is 0 Å². The van der Waals surface area contributed by atoms with Crippen LogP contribution in [0.4, 0.5) is 10.1 Å². The van der Waals surface area contributed by atoms with E-state index in [4.69, 9.17) is 4.74 Å². The topological polar surface area (TPSA) is 46.6 Å². The minimum absolute atomic E-state index is 0.182. The lowest BCUT2D eigenvalue weighted by Gasteiger charge is -2.21. The van der Waals surface area contributed by atoms with Crippen molar-refractivity contribution in [3.05, 3.63) is 35.7 Å². The number of ether oxygens (including phenoxy) is 1. The van der Waals surface area contributed by atoms with Gasteiger partial charge in [0.2, 0.25) is 0 Å². The largest absolute Gasteiger partial charge is 0.457 e. The Morgan fingerprint density at radius 3 is 2.62 bits per heavy atom. The van der Waals surface area contributed by atoms with Gasteiger partial charge in [0.25, 0.3) is 5.91 Å². The quantitative estimate of drug-likeness (QED) is 0.619. The summed E-state index contributed by atoms with van der Waals surface area (Å²) in [7, 11) is 0. The highest BCUT2D eigenvalue weighted by Gasteiger charge is 2.36. The summed E-state index contributed by atoms with van der Waals surface area (Å²) in [6.07, 6.45) is 2.04. The molecule has 24 heavy (non-hydrogen) atoms. The Hall–Kier alpha value is -2.17. The maximum absolute atomic E-state index is 14.3. The Labute approximate surface area is 142 Å². The summed E-state index contributed by atoms with van der Waals surface area (Å²) in [5.74, 6) is -1.20. The summed E-state index contributed by atoms with van der Waals surface area (Å²) in [6, 6.07) is 4.52. The van der Waals surface area contributed by atoms with Gasteiger partial charge in [-0.15, -0.1) is 0 Å². The van der Waals surface area contributed by atoms with E-state index in [0.29, 0.717) is 12.1 Å². The summed E-state index contributed by atoms with van der Waals surface area (Å²) in [5.41, 5.74) is 0.214. The minimum atomic E-state index is -0.656. The smallest absolute Gasteiger partial charge is 0.332 e. The molecular formula is C19H24FNO3. The maximum Gasteiger partial charge on any atom is 0.332 e. The first-order valence-corrected chi connectivity index (χ1v) is 8.19. The molecule has 5 heteroatoms. The molecule has 1 aliphatic heterocycles. The fraction of sp³-hybridized carbons (Fsp3) is 0.474. The molecular weight excluding hydrogens is 309 g/mol. The molecule has 0 radical (unpaired) electrons. The summed E-state index contributed by atoms with van der Waals surface area (Å²) in [6.45, 7) is 9.69. The Kier molecular flexibility index (Phi) is 5.11. The number of hydrogen-bond acceptors (Lipinski definition) is 3. The number of hydrogen-bond donors (Lipinski definition) is 0. The SMILES string of the molecule is CCC(C)CN1C(=O)/C(=C/C(=O)OC(C)(C)C)c2cccc(F)c21. The van der Waals surface area contributed by atoms with Crippen LogP contribution in [0, 0.1) is 11.7 Å². The van der Waals surface area contributed by atoms with Crippen molar-refractivity contribution in [1.29, 1.82) is 0 Å². The first-order valence-electron chi connectivity index (χ1n) is 8.19. The van der Waals surface area contributed by atoms with Crippen molar-refractivity contribution in [3.63, 3.8) is 0 Å². The van der Waals surface area contributed by atoms with Gasteiger partial charge in [-0.3, -0.25) is 4.79 Å². The number of carbonyl (C=O) groups excluding carboxylic acids is 2. The second-order valence-corrected chi connectivity index (χ2v) is 7.16. The predicted octanol–water partition coefficient (Wildman–Crippen LogP) is 3.94. The molecule has 0 bridgehead atoms. The molecule has 2 rings (SSSR count). The van der Waals surface area contributed by atoms with Crippen molar-refractivity contribution >= 4 is 23.1 Å². The van der Waals surface area contributed by atoms with Crippen molar-refractivity contribution in [2.24, 2.45) is 5.92 Å². The number of para-hydroxylation sites is 1. The molecule has 0 saturated carbocycles. The summed E-state index contributed by atoms with van der Waals surface area (Å²) < 4.78 is 19.6. The Morgan fingerprint density at radius 2 is 2.04 bits per heavy atom. The van der Waals surface area contributed by atoms with Crippen LogP contribution in [-0.4, -0.2) is 24.0 Å². The number of amides is 1. The van der Waals surface area contributed by atoms with Crippen LogP contribution in [0.3, 0.4) is 0 Å². The van der Waals surface area contributed by atoms with Crippen LogP contribution in [0.5, 0.6) is 0 Å². The van der Waals surface area contributed by atoms with Crippen molar-refractivity contribution in [3.8, 4) is 0 Å². The van der Waals surface area contributed by atoms with Gasteiger partial charge in [0.05, 0.1) is 11.3 Å². The second kappa shape index (κ2) is 6.75. The molecule has 4 nitrogen and oxygen atoms in total. The fourth-order valence-electron chi connectivity index (χ4n) is 2.57. The highest BCUT2D eigenvalue weighted by molar-refractivity contribution is 6.34. The van der Waals surface area contributed by atoms with E-state index >= 15 is 0 Å². The van der Waals surface area contributed by atoms with Crippen LogP contribution >= 0.6 is 0 Å². The molecule has 130 valence electrons. The number of rotatable bonds is 4. The summed E-state index contributed by atoms with van der Waals surface area (Å²) in [5, 5.41) is 0. The molecule has 1 aromatic rings. The van der Waals surface area contributed by atoms with Crippen LogP contribution in [0.2, 0.25) is 0 Å². The van der Waals surface area contributed by atoms with Crippen molar-refractivity contribution < 1.29 is 18.7 Å². The molecule has 1 aliphatic rings. The molecule has 1 aromatic carbocycles. The molecule has 1 heterocycles. The van der Waals surface area contributed by atoms with E-state index in [1.807, 2.05) is 13.8 Å². The monoisotopic (exact) mass is 333 g/mol. The minimum Gasteiger partial charge on any atom is -0.457 e. The molecule has 0 N–H and O–H groups in total. The standard InChI is InChI=1S/C19H24FNO3/c1-6-12(2)11-21-17-13(8-7-9-15(17)20)14(18(21)23)10-16(22)24-19(3,4)5/h7-10,12H,6,11H2,1-5H3/b14-10+. The van der Waals surface area contributed by atoms with Gasteiger partial charge in [0.15, 0.2) is 0 Å². The molecule has 0 saturated heterocycles. The van der Waals surface area contributed by atoms with Gasteiger partial charge in [-0.25, -0.2) is 9.18 Å². The Balaban J connectivity index is 2.43. The molecule has 0 aromatic heterocycles. The highest BCUT2D eigenvalue weighted by atomic mass is 19.1. The third-order valence-electron chi connectivity index (χ3n) is 3.88. The average molecular weight is 333 g/mol. The van der Waals surface area contributed by atoms with Crippen molar-refractivity contribution in [2.75, 3.05) is 11.4 Å². The third-order valence-corrected chi connectivity index (χ3v) is 3.88. The van der Waals surface area contributed by atoms with Crippen molar-refractivity contribution in [1.82, 2.24) is 0 Å². The summed E-state index contributed by atoms with van der Waals surface area (Å²) >= 11 is 0. The van der Waals surface area contributed by atoms with Crippen LogP contribution in [0.15, 0.2) is 24.3 Å². The van der Waals surface area contributed by atoms with E-state index < -0.39 is 17.4 Å². The second-order valence-electron chi connectivity index (χ2n) is 7.16. The van der Waals surface area contributed by atoms with E-state index in [1.54, 1.807) is 26.8 Å². The highest BCUT2D eigenvalue weighted by Crippen LogP contribution is 2.39. The molecule has 0 aliphatic carbocycles. The van der Waals surface area contributed by atoms with Gasteiger partial charge in [-0.2, -0.15) is 0 Å². The molecule has 1 atom stereocenters. The van der Waals surface area contributed by atoms with Crippen molar-refractivity contribution in [2.45, 2.75) is 46.6 Å². The van der Waals surface area contributed by atoms with Gasteiger partial charge < -0.3 is 9.64 Å². The van der Waals surface area contributed by atoms with Crippen LogP contribution < -0.4 is 4.90 Å². The maximum atomic E-state index is 14.3. The van der Waals surface area contributed by atoms with Gasteiger partial charge in [0, 0.05) is 18.2 Å². The lowest BCUT2D eigenvalue weighted by atomic mass is 10.1. The number of benzene rings is 1. The van der Waals surface area contributed by atoms with Crippen LogP contribution in [0.25, 0.3) is 5.57 Å². The van der Waals surface area contributed by atoms with Gasteiger partial charge in [-0.05, 0) is 32.8 Å². The fourth-order valence-corrected chi connectivity index (χ4v) is 2.57. The Bertz CT molecular complexity index is 688. The van der Waals surface area contributed by atoms with E-state index in [9.17, 15) is 14.0 Å². The zero-order valence-electron chi connectivity index (χ0n) is 14.9. The van der Waals surface area contributed by atoms with E-state index in [0.717, 1.165) is 6.42 Å². The molecule has 1 unspecified atom stereocenters. The van der Waals surface area contributed by atoms with E-state index in [-0.39, 0.29) is 23.1 Å². The molecule has 0 spiro atoms. The number of anilines is 1. The number of esters is 1. The first-order chi connectivity index (χ1) is 11.1. The predicted molar refractivity (Wildman–Crippen MR) is 92.0 cm³/mol. The number of nitrogens with zero attached hydrogens (tertiary/aromatic N) is 1. The number of halogens is 1. The molecule has 1 amide bonds. The zero-order chi connectivity index (χ0) is 18.1. The summed E-state index contributed by atoms with van der Waals surface area (Å²) in [4.78, 5) is 26.3. The molecule has 0 fully saturated rings. The normalized spacial score (nSPS) is 17.2. The van der Waals surface area contributed by atoms with Crippen LogP contribution in [0.1, 0.15) is 46.6 Å². The van der Waals surface area contributed by atoms with E-state index in [1.165, 1.54) is 23.1 Å². The van der Waals surface area contributed by atoms with Gasteiger partial charge in [0.1, 0.15) is 11.4 Å².